The van der Waals surface area contributed by atoms with Crippen LogP contribution in [0.4, 0.5) is 0 Å². The zero-order chi connectivity index (χ0) is 14.3. The van der Waals surface area contributed by atoms with Gasteiger partial charge in [-0.1, -0.05) is 38.0 Å². The van der Waals surface area contributed by atoms with Crippen LogP contribution in [0.2, 0.25) is 0 Å². The molecule has 0 radical (unpaired) electrons. The van der Waals surface area contributed by atoms with Crippen molar-refractivity contribution in [2.75, 3.05) is 0 Å². The maximum Gasteiger partial charge on any atom is 0.305 e. The lowest BCUT2D eigenvalue weighted by Gasteiger charge is -2.38. The smallest absolute Gasteiger partial charge is 0.305 e. The van der Waals surface area contributed by atoms with Crippen molar-refractivity contribution in [3.63, 3.8) is 0 Å². The number of nitrogens with one attached hydrogen (secondary N) is 2. The molecule has 1 unspecified atom stereocenters. The molecule has 1 saturated carbocycles. The van der Waals surface area contributed by atoms with Crippen LogP contribution in [0.3, 0.4) is 0 Å². The van der Waals surface area contributed by atoms with Crippen LogP contribution >= 0.6 is 11.3 Å². The molecule has 0 saturated heterocycles. The molecule has 1 heterocycles. The van der Waals surface area contributed by atoms with Gasteiger partial charge in [0.25, 0.3) is 10.0 Å². The Balaban J connectivity index is 2.27. The number of hydrogen-bond acceptors (Lipinski definition) is 4. The van der Waals surface area contributed by atoms with Gasteiger partial charge >= 0.3 is 4.87 Å². The first-order valence-electron chi connectivity index (χ1n) is 6.44. The predicted molar refractivity (Wildman–Crippen MR) is 76.0 cm³/mol. The van der Waals surface area contributed by atoms with Crippen LogP contribution in [0.25, 0.3) is 0 Å². The summed E-state index contributed by atoms with van der Waals surface area (Å²) in [6, 6.07) is -0.0668. The van der Waals surface area contributed by atoms with E-state index in [0.29, 0.717) is 5.69 Å². The van der Waals surface area contributed by atoms with Crippen LogP contribution < -0.4 is 9.60 Å². The van der Waals surface area contributed by atoms with Gasteiger partial charge in [-0.3, -0.25) is 4.79 Å². The van der Waals surface area contributed by atoms with Gasteiger partial charge in [0, 0.05) is 11.7 Å². The first-order valence-corrected chi connectivity index (χ1v) is 8.74. The third kappa shape index (κ3) is 3.09. The number of H-pyrrole nitrogens is 1. The topological polar surface area (TPSA) is 79.0 Å². The van der Waals surface area contributed by atoms with E-state index in [2.05, 4.69) is 23.6 Å². The fourth-order valence-electron chi connectivity index (χ4n) is 2.60. The largest absolute Gasteiger partial charge is 0.315 e. The van der Waals surface area contributed by atoms with Crippen molar-refractivity contribution in [2.24, 2.45) is 5.41 Å². The first-order chi connectivity index (χ1) is 8.72. The maximum absolute atomic E-state index is 12.4. The molecule has 1 aromatic rings. The molecular formula is C12H20N2O3S2. The molecule has 7 heteroatoms. The minimum Gasteiger partial charge on any atom is -0.315 e. The first kappa shape index (κ1) is 14.7. The SMILES string of the molecule is Cc1[nH]c(=O)sc1S(=O)(=O)NC1CCCCC1(C)C. The van der Waals surface area contributed by atoms with Crippen molar-refractivity contribution in [1.29, 1.82) is 0 Å². The summed E-state index contributed by atoms with van der Waals surface area (Å²) in [5.74, 6) is 0. The fourth-order valence-corrected chi connectivity index (χ4v) is 5.36. The van der Waals surface area contributed by atoms with Crippen molar-refractivity contribution in [1.82, 2.24) is 9.71 Å². The number of aromatic amines is 1. The van der Waals surface area contributed by atoms with E-state index in [1.54, 1.807) is 6.92 Å². The van der Waals surface area contributed by atoms with Gasteiger partial charge in [0.05, 0.1) is 0 Å². The van der Waals surface area contributed by atoms with Gasteiger partial charge in [0.2, 0.25) is 0 Å². The van der Waals surface area contributed by atoms with Crippen molar-refractivity contribution < 1.29 is 8.42 Å². The van der Waals surface area contributed by atoms with Gasteiger partial charge in [-0.05, 0) is 25.2 Å². The van der Waals surface area contributed by atoms with E-state index in [1.807, 2.05) is 0 Å². The lowest BCUT2D eigenvalue weighted by molar-refractivity contribution is 0.188. The number of aromatic nitrogens is 1. The van der Waals surface area contributed by atoms with Crippen LogP contribution in [0, 0.1) is 12.3 Å². The molecule has 1 aromatic heterocycles. The summed E-state index contributed by atoms with van der Waals surface area (Å²) < 4.78 is 27.6. The van der Waals surface area contributed by atoms with E-state index in [9.17, 15) is 13.2 Å². The van der Waals surface area contributed by atoms with Gasteiger partial charge in [0.1, 0.15) is 0 Å². The lowest BCUT2D eigenvalue weighted by Crippen LogP contribution is -2.46. The highest BCUT2D eigenvalue weighted by Crippen LogP contribution is 2.36. The minimum atomic E-state index is -3.60. The normalized spacial score (nSPS) is 23.4. The molecule has 108 valence electrons. The van der Waals surface area contributed by atoms with Gasteiger partial charge in [-0.2, -0.15) is 0 Å². The van der Waals surface area contributed by atoms with Gasteiger partial charge in [0.15, 0.2) is 4.21 Å². The molecule has 1 aliphatic carbocycles. The van der Waals surface area contributed by atoms with E-state index in [0.717, 1.165) is 37.0 Å². The predicted octanol–water partition coefficient (Wildman–Crippen LogP) is 1.99. The molecule has 0 aromatic carbocycles. The van der Waals surface area contributed by atoms with Crippen LogP contribution in [-0.4, -0.2) is 19.4 Å². The number of rotatable bonds is 3. The molecule has 2 rings (SSSR count). The van der Waals surface area contributed by atoms with Crippen molar-refractivity contribution >= 4 is 21.4 Å². The van der Waals surface area contributed by atoms with Crippen LogP contribution in [0.5, 0.6) is 0 Å². The van der Waals surface area contributed by atoms with Crippen molar-refractivity contribution in [2.45, 2.75) is 56.7 Å². The van der Waals surface area contributed by atoms with E-state index < -0.39 is 10.0 Å². The Morgan fingerprint density at radius 3 is 2.58 bits per heavy atom. The van der Waals surface area contributed by atoms with E-state index >= 15 is 0 Å². The summed E-state index contributed by atoms with van der Waals surface area (Å²) in [6.07, 6.45) is 4.05. The van der Waals surface area contributed by atoms with Crippen LogP contribution in [0.1, 0.15) is 45.2 Å². The third-order valence-electron chi connectivity index (χ3n) is 3.83. The molecule has 1 atom stereocenters. The number of hydrogen-bond donors (Lipinski definition) is 2. The molecule has 1 fully saturated rings. The van der Waals surface area contributed by atoms with Gasteiger partial charge < -0.3 is 4.98 Å². The Morgan fingerprint density at radius 1 is 1.37 bits per heavy atom. The van der Waals surface area contributed by atoms with Crippen LogP contribution in [-0.2, 0) is 10.0 Å². The Morgan fingerprint density at radius 2 is 2.05 bits per heavy atom. The molecule has 0 bridgehead atoms. The fraction of sp³-hybridized carbons (Fsp3) is 0.750. The Kier molecular flexibility index (Phi) is 3.90. The molecule has 5 nitrogen and oxygen atoms in total. The highest BCUT2D eigenvalue weighted by Gasteiger charge is 2.36. The number of sulfonamides is 1. The summed E-state index contributed by atoms with van der Waals surface area (Å²) >= 11 is 0.748. The Hall–Kier alpha value is -0.660. The second kappa shape index (κ2) is 5.03. The zero-order valence-electron chi connectivity index (χ0n) is 11.4. The molecule has 2 N–H and O–H groups in total. The lowest BCUT2D eigenvalue weighted by atomic mass is 9.74. The summed E-state index contributed by atoms with van der Waals surface area (Å²) in [4.78, 5) is 13.4. The van der Waals surface area contributed by atoms with E-state index in [4.69, 9.17) is 0 Å². The quantitative estimate of drug-likeness (QED) is 0.896. The molecule has 0 aliphatic heterocycles. The summed E-state index contributed by atoms with van der Waals surface area (Å²) in [5, 5.41) is 0. The van der Waals surface area contributed by atoms with Crippen LogP contribution in [0.15, 0.2) is 9.00 Å². The standard InChI is InChI=1S/C12H20N2O3S2/c1-8-10(18-11(15)13-8)19(16,17)14-9-6-4-5-7-12(9,2)3/h9,14H,4-7H2,1-3H3,(H,13,15). The maximum atomic E-state index is 12.4. The van der Waals surface area contributed by atoms with Gasteiger partial charge in [-0.15, -0.1) is 0 Å². The zero-order valence-corrected chi connectivity index (χ0v) is 13.1. The second-order valence-electron chi connectivity index (χ2n) is 5.84. The molecular weight excluding hydrogens is 284 g/mol. The van der Waals surface area contributed by atoms with Gasteiger partial charge in [-0.25, -0.2) is 13.1 Å². The third-order valence-corrected chi connectivity index (χ3v) is 6.91. The number of thiazole rings is 1. The minimum absolute atomic E-state index is 0.0412. The Labute approximate surface area is 117 Å². The summed E-state index contributed by atoms with van der Waals surface area (Å²) in [6.45, 7) is 5.79. The molecule has 0 spiro atoms. The highest BCUT2D eigenvalue weighted by atomic mass is 32.2. The Bertz CT molecular complexity index is 613. The second-order valence-corrected chi connectivity index (χ2v) is 8.73. The number of aryl methyl sites for hydroxylation is 1. The summed E-state index contributed by atoms with van der Waals surface area (Å²) in [7, 11) is -3.60. The monoisotopic (exact) mass is 304 g/mol. The molecule has 19 heavy (non-hydrogen) atoms. The van der Waals surface area contributed by atoms with Crippen molar-refractivity contribution in [3.05, 3.63) is 15.4 Å². The molecule has 1 aliphatic rings. The van der Waals surface area contributed by atoms with E-state index in [1.165, 1.54) is 0 Å². The molecule has 0 amide bonds. The average Bonchev–Trinajstić information content (AvgIpc) is 2.61. The average molecular weight is 304 g/mol. The van der Waals surface area contributed by atoms with E-state index in [-0.39, 0.29) is 20.5 Å². The van der Waals surface area contributed by atoms with Crippen molar-refractivity contribution in [3.8, 4) is 0 Å². The highest BCUT2D eigenvalue weighted by molar-refractivity contribution is 7.91. The summed E-state index contributed by atoms with van der Waals surface area (Å²) in [5.41, 5.74) is 0.372.